The third-order valence-corrected chi connectivity index (χ3v) is 5.81. The number of hydrogen-bond donors (Lipinski definition) is 0. The standard InChI is InChI=1S/C18H19Si.2CH3.Hf/c1-19(2,3)16-12-10-15(11-13-16)18-9-5-7-14-6-4-8-17(14)18;;;/h4-13H,1-3H3;2*1H3;/q3*-1;. The molecule has 0 saturated heterocycles. The average molecular weight is 472 g/mol. The normalized spacial score (nSPS) is 10.3. The van der Waals surface area contributed by atoms with Gasteiger partial charge in [-0.3, -0.25) is 0 Å². The molecule has 0 aliphatic heterocycles. The molecule has 0 amide bonds. The van der Waals surface area contributed by atoms with Crippen molar-refractivity contribution in [3.8, 4) is 11.1 Å². The fourth-order valence-corrected chi connectivity index (χ4v) is 3.73. The van der Waals surface area contributed by atoms with Crippen molar-refractivity contribution >= 4 is 24.0 Å². The molecule has 3 rings (SSSR count). The topological polar surface area (TPSA) is 0 Å². The van der Waals surface area contributed by atoms with Crippen LogP contribution >= 0.6 is 0 Å². The van der Waals surface area contributed by atoms with E-state index in [0.29, 0.717) is 0 Å². The van der Waals surface area contributed by atoms with Crippen LogP contribution in [0.15, 0.2) is 60.7 Å². The molecule has 22 heavy (non-hydrogen) atoms. The summed E-state index contributed by atoms with van der Waals surface area (Å²) in [6, 6.07) is 22.2. The van der Waals surface area contributed by atoms with Crippen molar-refractivity contribution in [1.82, 2.24) is 0 Å². The number of fused-ring (bicyclic) bond motifs is 1. The van der Waals surface area contributed by atoms with E-state index in [-0.39, 0.29) is 40.7 Å². The summed E-state index contributed by atoms with van der Waals surface area (Å²) >= 11 is 0. The third-order valence-electron chi connectivity index (χ3n) is 3.74. The van der Waals surface area contributed by atoms with Crippen LogP contribution in [0.2, 0.25) is 19.6 Å². The molecule has 0 aliphatic carbocycles. The monoisotopic (exact) mass is 473 g/mol. The quantitative estimate of drug-likeness (QED) is 0.334. The van der Waals surface area contributed by atoms with Crippen LogP contribution in [0, 0.1) is 14.9 Å². The van der Waals surface area contributed by atoms with E-state index in [4.69, 9.17) is 0 Å². The van der Waals surface area contributed by atoms with Gasteiger partial charge in [0.15, 0.2) is 0 Å². The number of rotatable bonds is 2. The Bertz CT molecular complexity index is 702. The zero-order valence-corrected chi connectivity index (χ0v) is 18.9. The van der Waals surface area contributed by atoms with E-state index in [1.54, 1.807) is 0 Å². The first-order valence-electron chi connectivity index (χ1n) is 6.81. The maximum absolute atomic E-state index is 2.39. The first kappa shape index (κ1) is 21.1. The van der Waals surface area contributed by atoms with Crippen molar-refractivity contribution < 1.29 is 25.8 Å². The second-order valence-electron chi connectivity index (χ2n) is 6.16. The van der Waals surface area contributed by atoms with Crippen LogP contribution in [0.25, 0.3) is 21.9 Å². The van der Waals surface area contributed by atoms with Gasteiger partial charge in [0.25, 0.3) is 0 Å². The maximum Gasteiger partial charge on any atom is 0.0775 e. The summed E-state index contributed by atoms with van der Waals surface area (Å²) < 4.78 is 0. The van der Waals surface area contributed by atoms with E-state index < -0.39 is 8.07 Å². The van der Waals surface area contributed by atoms with Crippen molar-refractivity contribution in [3.63, 3.8) is 0 Å². The van der Waals surface area contributed by atoms with Gasteiger partial charge in [0.2, 0.25) is 0 Å². The smallest absolute Gasteiger partial charge is 0.0775 e. The fraction of sp³-hybridized carbons (Fsp3) is 0.150. The molecule has 0 spiro atoms. The van der Waals surface area contributed by atoms with E-state index in [0.717, 1.165) is 0 Å². The minimum Gasteiger partial charge on any atom is -0.358 e. The Morgan fingerprint density at radius 3 is 2.05 bits per heavy atom. The molecule has 3 aromatic carbocycles. The van der Waals surface area contributed by atoms with Gasteiger partial charge in [0.05, 0.1) is 8.07 Å². The minimum atomic E-state index is -1.20. The van der Waals surface area contributed by atoms with Gasteiger partial charge in [-0.05, 0) is 5.56 Å². The van der Waals surface area contributed by atoms with Gasteiger partial charge in [0.1, 0.15) is 0 Å². The van der Waals surface area contributed by atoms with Crippen LogP contribution in [0.4, 0.5) is 0 Å². The van der Waals surface area contributed by atoms with Crippen molar-refractivity contribution in [2.24, 2.45) is 0 Å². The molecule has 2 heteroatoms. The molecular formula is C20H25HfSi-3. The van der Waals surface area contributed by atoms with Crippen LogP contribution in [-0.4, -0.2) is 8.07 Å². The van der Waals surface area contributed by atoms with Crippen LogP contribution in [0.1, 0.15) is 0 Å². The predicted octanol–water partition coefficient (Wildman–Crippen LogP) is 5.67. The summed E-state index contributed by atoms with van der Waals surface area (Å²) in [5, 5.41) is 4.20. The van der Waals surface area contributed by atoms with Crippen molar-refractivity contribution in [1.29, 1.82) is 0 Å². The van der Waals surface area contributed by atoms with E-state index in [9.17, 15) is 0 Å². The van der Waals surface area contributed by atoms with Crippen LogP contribution in [-0.2, 0) is 25.8 Å². The summed E-state index contributed by atoms with van der Waals surface area (Å²) in [5.41, 5.74) is 2.66. The van der Waals surface area contributed by atoms with Gasteiger partial charge < -0.3 is 14.9 Å². The second kappa shape index (κ2) is 8.12. The van der Waals surface area contributed by atoms with Gasteiger partial charge in [-0.1, -0.05) is 60.7 Å². The molecule has 3 aromatic rings. The molecule has 0 radical (unpaired) electrons. The summed E-state index contributed by atoms with van der Waals surface area (Å²) in [5.74, 6) is 0. The van der Waals surface area contributed by atoms with Crippen LogP contribution in [0.5, 0.6) is 0 Å². The zero-order chi connectivity index (χ0) is 13.5. The molecule has 0 aliphatic rings. The Balaban J connectivity index is 0.00000147. The number of hydrogen-bond acceptors (Lipinski definition) is 0. The SMILES string of the molecule is C[Si](C)(C)c1ccc(-c2cccc3[cH-]ccc23)cc1.[CH3-].[CH3-].[Hf]. The van der Waals surface area contributed by atoms with E-state index in [1.165, 1.54) is 27.1 Å². The van der Waals surface area contributed by atoms with Crippen LogP contribution in [0.3, 0.4) is 0 Å². The van der Waals surface area contributed by atoms with E-state index in [1.807, 2.05) is 0 Å². The van der Waals surface area contributed by atoms with Gasteiger partial charge in [-0.2, -0.15) is 12.1 Å². The number of benzene rings is 2. The van der Waals surface area contributed by atoms with Gasteiger partial charge in [-0.15, -0.1) is 29.0 Å². The molecule has 116 valence electrons. The van der Waals surface area contributed by atoms with Crippen molar-refractivity contribution in [2.45, 2.75) is 19.6 Å². The zero-order valence-electron chi connectivity index (χ0n) is 14.3. The molecule has 0 atom stereocenters. The average Bonchev–Trinajstić information content (AvgIpc) is 2.86. The summed E-state index contributed by atoms with van der Waals surface area (Å²) in [6.45, 7) is 7.17. The largest absolute Gasteiger partial charge is 0.358 e. The first-order chi connectivity index (χ1) is 9.05. The minimum absolute atomic E-state index is 0. The summed E-state index contributed by atoms with van der Waals surface area (Å²) in [7, 11) is -1.20. The van der Waals surface area contributed by atoms with Gasteiger partial charge in [0, 0.05) is 25.8 Å². The van der Waals surface area contributed by atoms with E-state index >= 15 is 0 Å². The Morgan fingerprint density at radius 1 is 0.818 bits per heavy atom. The van der Waals surface area contributed by atoms with Crippen LogP contribution < -0.4 is 5.19 Å². The Hall–Kier alpha value is -0.863. The Kier molecular flexibility index (Phi) is 7.80. The molecule has 0 unspecified atom stereocenters. The maximum atomic E-state index is 2.39. The van der Waals surface area contributed by atoms with E-state index in [2.05, 4.69) is 80.3 Å². The Morgan fingerprint density at radius 2 is 1.45 bits per heavy atom. The molecule has 0 fully saturated rings. The Labute approximate surface area is 155 Å². The fourth-order valence-electron chi connectivity index (χ4n) is 2.56. The second-order valence-corrected chi connectivity index (χ2v) is 11.2. The molecule has 0 bridgehead atoms. The van der Waals surface area contributed by atoms with Gasteiger partial charge >= 0.3 is 0 Å². The summed E-state index contributed by atoms with van der Waals surface area (Å²) in [6.07, 6.45) is 0. The third kappa shape index (κ3) is 4.11. The summed E-state index contributed by atoms with van der Waals surface area (Å²) in [4.78, 5) is 0. The van der Waals surface area contributed by atoms with Gasteiger partial charge in [-0.25, -0.2) is 0 Å². The molecular weight excluding hydrogens is 447 g/mol. The molecule has 0 heterocycles. The first-order valence-corrected chi connectivity index (χ1v) is 10.3. The van der Waals surface area contributed by atoms with Crippen molar-refractivity contribution in [3.05, 3.63) is 75.5 Å². The molecule has 0 aromatic heterocycles. The molecule has 0 saturated carbocycles. The predicted molar refractivity (Wildman–Crippen MR) is 101 cm³/mol. The molecule has 0 N–H and O–H groups in total. The molecule has 0 nitrogen and oxygen atoms in total. The van der Waals surface area contributed by atoms with Crippen molar-refractivity contribution in [2.75, 3.05) is 0 Å².